The van der Waals surface area contributed by atoms with Gasteiger partial charge in [0.2, 0.25) is 17.7 Å². The number of hydrogen-bond donors (Lipinski definition) is 5. The van der Waals surface area contributed by atoms with Crippen molar-refractivity contribution in [3.05, 3.63) is 35.9 Å². The number of benzene rings is 1. The highest BCUT2D eigenvalue weighted by molar-refractivity contribution is 5.95. The van der Waals surface area contributed by atoms with E-state index in [0.717, 1.165) is 12.8 Å². The molecule has 9 heteroatoms. The summed E-state index contributed by atoms with van der Waals surface area (Å²) in [6, 6.07) is 9.29. The highest BCUT2D eigenvalue weighted by Gasteiger charge is 2.38. The second-order valence-electron chi connectivity index (χ2n) is 8.79. The van der Waals surface area contributed by atoms with Crippen LogP contribution in [0.4, 0.5) is 0 Å². The number of nitrogens with one attached hydrogen (secondary N) is 3. The van der Waals surface area contributed by atoms with Gasteiger partial charge >= 0.3 is 0 Å². The third-order valence-electron chi connectivity index (χ3n) is 5.88. The molecular formula is C25H42N6O3. The van der Waals surface area contributed by atoms with Gasteiger partial charge < -0.3 is 27.4 Å². The summed E-state index contributed by atoms with van der Waals surface area (Å²) >= 11 is 0. The molecule has 0 saturated heterocycles. The minimum absolute atomic E-state index is 0.0154. The Morgan fingerprint density at radius 2 is 1.65 bits per heavy atom. The Morgan fingerprint density at radius 1 is 1.00 bits per heavy atom. The highest BCUT2D eigenvalue weighted by Crippen LogP contribution is 2.17. The number of aliphatic imine (C=N–C) groups is 1. The van der Waals surface area contributed by atoms with E-state index in [-0.39, 0.29) is 29.6 Å². The Bertz CT molecular complexity index is 802. The van der Waals surface area contributed by atoms with E-state index in [9.17, 15) is 14.4 Å². The first kappa shape index (κ1) is 28.9. The van der Waals surface area contributed by atoms with Gasteiger partial charge in [-0.25, -0.2) is 0 Å². The fourth-order valence-corrected chi connectivity index (χ4v) is 3.53. The molecular weight excluding hydrogens is 432 g/mol. The average Bonchev–Trinajstić information content (AvgIpc) is 2.82. The van der Waals surface area contributed by atoms with Gasteiger partial charge in [0.1, 0.15) is 11.6 Å². The smallest absolute Gasteiger partial charge is 0.246 e. The van der Waals surface area contributed by atoms with Crippen LogP contribution >= 0.6 is 0 Å². The van der Waals surface area contributed by atoms with Crippen molar-refractivity contribution in [3.8, 4) is 0 Å². The molecule has 0 unspecified atom stereocenters. The first-order valence-electron chi connectivity index (χ1n) is 12.1. The monoisotopic (exact) mass is 474 g/mol. The predicted molar refractivity (Wildman–Crippen MR) is 136 cm³/mol. The van der Waals surface area contributed by atoms with E-state index in [1.807, 2.05) is 32.0 Å². The van der Waals surface area contributed by atoms with E-state index in [4.69, 9.17) is 11.5 Å². The molecule has 0 aliphatic carbocycles. The van der Waals surface area contributed by atoms with Gasteiger partial charge in [0.05, 0.1) is 0 Å². The summed E-state index contributed by atoms with van der Waals surface area (Å²) in [6.45, 7) is 8.09. The minimum atomic E-state index is -1.08. The zero-order valence-corrected chi connectivity index (χ0v) is 21.0. The molecule has 9 nitrogen and oxygen atoms in total. The van der Waals surface area contributed by atoms with Gasteiger partial charge in [0, 0.05) is 19.0 Å². The molecule has 1 aromatic rings. The topological polar surface area (TPSA) is 152 Å². The Kier molecular flexibility index (Phi) is 12.7. The van der Waals surface area contributed by atoms with E-state index in [1.165, 1.54) is 5.56 Å². The van der Waals surface area contributed by atoms with Gasteiger partial charge in [-0.1, -0.05) is 58.0 Å². The molecule has 0 radical (unpaired) electrons. The molecule has 1 aromatic carbocycles. The number of amides is 3. The van der Waals surface area contributed by atoms with Crippen LogP contribution < -0.4 is 27.4 Å². The van der Waals surface area contributed by atoms with Gasteiger partial charge in [0.25, 0.3) is 0 Å². The van der Waals surface area contributed by atoms with Crippen LogP contribution in [0.5, 0.6) is 0 Å². The van der Waals surface area contributed by atoms with Crippen molar-refractivity contribution in [1.29, 1.82) is 0 Å². The molecule has 7 N–H and O–H groups in total. The van der Waals surface area contributed by atoms with Crippen molar-refractivity contribution >= 4 is 23.7 Å². The second-order valence-corrected chi connectivity index (χ2v) is 8.79. The molecule has 0 aromatic heterocycles. The number of carbonyl (C=O) groups excluding carboxylic acids is 3. The number of guanidine groups is 1. The zero-order chi connectivity index (χ0) is 25.6. The molecule has 0 fully saturated rings. The van der Waals surface area contributed by atoms with Crippen LogP contribution in [-0.4, -0.2) is 48.4 Å². The van der Waals surface area contributed by atoms with Gasteiger partial charge in [-0.3, -0.25) is 19.4 Å². The SMILES string of the molecule is CCC(CC)(NC(=O)C(C)C)C(=O)N[C@@H](CCCN=C(N)N)C(=O)NCCCc1ccccc1. The van der Waals surface area contributed by atoms with Gasteiger partial charge in [0.15, 0.2) is 5.96 Å². The van der Waals surface area contributed by atoms with Crippen LogP contribution in [0.1, 0.15) is 65.4 Å². The van der Waals surface area contributed by atoms with Crippen LogP contribution in [-0.2, 0) is 20.8 Å². The molecule has 1 atom stereocenters. The summed E-state index contributed by atoms with van der Waals surface area (Å²) in [5.74, 6) is -1.10. The third-order valence-corrected chi connectivity index (χ3v) is 5.88. The van der Waals surface area contributed by atoms with Crippen molar-refractivity contribution in [3.63, 3.8) is 0 Å². The quantitative estimate of drug-likeness (QED) is 0.149. The molecule has 0 heterocycles. The highest BCUT2D eigenvalue weighted by atomic mass is 16.2. The Labute approximate surface area is 203 Å². The van der Waals surface area contributed by atoms with Crippen LogP contribution in [0, 0.1) is 5.92 Å². The first-order chi connectivity index (χ1) is 16.1. The number of nitrogens with two attached hydrogens (primary N) is 2. The lowest BCUT2D eigenvalue weighted by molar-refractivity contribution is -0.137. The zero-order valence-electron chi connectivity index (χ0n) is 21.0. The summed E-state index contributed by atoms with van der Waals surface area (Å²) in [4.78, 5) is 42.5. The van der Waals surface area contributed by atoms with Crippen molar-refractivity contribution in [2.24, 2.45) is 22.4 Å². The van der Waals surface area contributed by atoms with Crippen molar-refractivity contribution in [2.75, 3.05) is 13.1 Å². The minimum Gasteiger partial charge on any atom is -0.370 e. The normalized spacial score (nSPS) is 12.0. The van der Waals surface area contributed by atoms with E-state index in [1.54, 1.807) is 13.8 Å². The van der Waals surface area contributed by atoms with Crippen molar-refractivity contribution in [1.82, 2.24) is 16.0 Å². The Balaban J connectivity index is 2.83. The number of nitrogens with zero attached hydrogens (tertiary/aromatic N) is 1. The Hall–Kier alpha value is -3.10. The van der Waals surface area contributed by atoms with E-state index < -0.39 is 11.6 Å². The maximum Gasteiger partial charge on any atom is 0.246 e. The summed E-state index contributed by atoms with van der Waals surface area (Å²) in [5.41, 5.74) is 10.9. The largest absolute Gasteiger partial charge is 0.370 e. The molecule has 34 heavy (non-hydrogen) atoms. The van der Waals surface area contributed by atoms with Gasteiger partial charge in [-0.15, -0.1) is 0 Å². The van der Waals surface area contributed by atoms with Crippen LogP contribution in [0.3, 0.4) is 0 Å². The molecule has 0 spiro atoms. The van der Waals surface area contributed by atoms with E-state index in [0.29, 0.717) is 38.8 Å². The summed E-state index contributed by atoms with van der Waals surface area (Å²) in [5, 5.41) is 8.69. The van der Waals surface area contributed by atoms with E-state index >= 15 is 0 Å². The summed E-state index contributed by atoms with van der Waals surface area (Å²) in [7, 11) is 0. The number of carbonyl (C=O) groups is 3. The number of hydrogen-bond acceptors (Lipinski definition) is 4. The van der Waals surface area contributed by atoms with Gasteiger partial charge in [-0.05, 0) is 44.1 Å². The van der Waals surface area contributed by atoms with Crippen LogP contribution in [0.25, 0.3) is 0 Å². The molecule has 190 valence electrons. The predicted octanol–water partition coefficient (Wildman–Crippen LogP) is 1.60. The number of aryl methyl sites for hydroxylation is 1. The molecule has 0 aliphatic rings. The van der Waals surface area contributed by atoms with Crippen molar-refractivity contribution in [2.45, 2.75) is 77.8 Å². The van der Waals surface area contributed by atoms with Crippen LogP contribution in [0.2, 0.25) is 0 Å². The average molecular weight is 475 g/mol. The molecule has 3 amide bonds. The maximum atomic E-state index is 13.3. The molecule has 0 saturated carbocycles. The summed E-state index contributed by atoms with van der Waals surface area (Å²) < 4.78 is 0. The lowest BCUT2D eigenvalue weighted by atomic mass is 9.90. The first-order valence-corrected chi connectivity index (χ1v) is 12.1. The standard InChI is InChI=1S/C25H42N6O3/c1-5-25(6-2,31-21(32)18(3)4)23(34)30-20(15-11-17-29-24(26)27)22(33)28-16-10-14-19-12-8-7-9-13-19/h7-9,12-13,18,20H,5-6,10-11,14-17H2,1-4H3,(H,28,33)(H,30,34)(H,31,32)(H4,26,27,29)/t20-/m0/s1. The lowest BCUT2D eigenvalue weighted by Gasteiger charge is -2.33. The fraction of sp³-hybridized carbons (Fsp3) is 0.600. The molecule has 1 rings (SSSR count). The summed E-state index contributed by atoms with van der Waals surface area (Å²) in [6.07, 6.45) is 3.33. The number of rotatable bonds is 15. The van der Waals surface area contributed by atoms with Crippen molar-refractivity contribution < 1.29 is 14.4 Å². The lowest BCUT2D eigenvalue weighted by Crippen LogP contribution is -2.62. The third kappa shape index (κ3) is 9.80. The second kappa shape index (κ2) is 14.9. The molecule has 0 aliphatic heterocycles. The Morgan fingerprint density at radius 3 is 2.21 bits per heavy atom. The molecule has 0 bridgehead atoms. The van der Waals surface area contributed by atoms with Crippen LogP contribution in [0.15, 0.2) is 35.3 Å². The maximum absolute atomic E-state index is 13.3. The van der Waals surface area contributed by atoms with E-state index in [2.05, 4.69) is 33.1 Å². The fourth-order valence-electron chi connectivity index (χ4n) is 3.53. The van der Waals surface area contributed by atoms with Gasteiger partial charge in [-0.2, -0.15) is 0 Å².